The second kappa shape index (κ2) is 7.68. The van der Waals surface area contributed by atoms with Crippen molar-refractivity contribution in [3.05, 3.63) is 28.2 Å². The second-order valence-electron chi connectivity index (χ2n) is 5.60. The van der Waals surface area contributed by atoms with Gasteiger partial charge in [-0.05, 0) is 25.0 Å². The molecule has 2 amide bonds. The van der Waals surface area contributed by atoms with Crippen molar-refractivity contribution in [3.8, 4) is 5.75 Å². The average molecular weight is 385 g/mol. The Labute approximate surface area is 144 Å². The summed E-state index contributed by atoms with van der Waals surface area (Å²) in [5.74, 6) is 0.701. The van der Waals surface area contributed by atoms with E-state index >= 15 is 0 Å². The van der Waals surface area contributed by atoms with Gasteiger partial charge in [-0.2, -0.15) is 0 Å². The minimum Gasteiger partial charge on any atom is -0.496 e. The molecule has 0 aromatic heterocycles. The van der Waals surface area contributed by atoms with E-state index in [2.05, 4.69) is 15.9 Å². The number of nitrogens with zero attached hydrogens (tertiary/aromatic N) is 2. The number of likely N-dealkylation sites (tertiary alicyclic amines) is 1. The Hall–Kier alpha value is -1.76. The molecule has 23 heavy (non-hydrogen) atoms. The van der Waals surface area contributed by atoms with Crippen LogP contribution < -0.4 is 4.74 Å². The number of carbonyl (C=O) groups is 2. The molecule has 0 saturated carbocycles. The zero-order chi connectivity index (χ0) is 17.0. The average Bonchev–Trinajstić information content (AvgIpc) is 2.53. The minimum absolute atomic E-state index is 0.0416. The van der Waals surface area contributed by atoms with Gasteiger partial charge in [0.25, 0.3) is 0 Å². The summed E-state index contributed by atoms with van der Waals surface area (Å²) in [6.07, 6.45) is 0.367. The number of methoxy groups -OCH3 is 1. The molecule has 126 valence electrons. The molecule has 0 unspecified atom stereocenters. The molecule has 0 bridgehead atoms. The fourth-order valence-electron chi connectivity index (χ4n) is 2.88. The van der Waals surface area contributed by atoms with Crippen molar-refractivity contribution in [1.29, 1.82) is 0 Å². The van der Waals surface area contributed by atoms with E-state index in [4.69, 9.17) is 4.74 Å². The van der Waals surface area contributed by atoms with Gasteiger partial charge in [-0.1, -0.05) is 22.0 Å². The maximum atomic E-state index is 11.7. The minimum atomic E-state index is -0.948. The second-order valence-corrected chi connectivity index (χ2v) is 6.52. The summed E-state index contributed by atoms with van der Waals surface area (Å²) in [5, 5.41) is 9.58. The van der Waals surface area contributed by atoms with Crippen LogP contribution in [0.3, 0.4) is 0 Å². The van der Waals surface area contributed by atoms with Crippen molar-refractivity contribution >= 4 is 27.9 Å². The van der Waals surface area contributed by atoms with Crippen LogP contribution in [0.4, 0.5) is 4.79 Å². The summed E-state index contributed by atoms with van der Waals surface area (Å²) in [5.41, 5.74) is 0.826. The van der Waals surface area contributed by atoms with E-state index < -0.39 is 6.09 Å². The van der Waals surface area contributed by atoms with Crippen molar-refractivity contribution < 1.29 is 19.4 Å². The van der Waals surface area contributed by atoms with Gasteiger partial charge in [0.15, 0.2) is 0 Å². The van der Waals surface area contributed by atoms with Crippen LogP contribution in [-0.2, 0) is 11.3 Å². The van der Waals surface area contributed by atoms with Crippen LogP contribution in [0.2, 0.25) is 0 Å². The van der Waals surface area contributed by atoms with Gasteiger partial charge in [0.1, 0.15) is 5.75 Å². The van der Waals surface area contributed by atoms with Gasteiger partial charge < -0.3 is 19.6 Å². The van der Waals surface area contributed by atoms with Crippen LogP contribution >= 0.6 is 15.9 Å². The monoisotopic (exact) mass is 384 g/mol. The molecule has 2 rings (SSSR count). The molecular formula is C16H21BrN2O4. The number of halogens is 1. The van der Waals surface area contributed by atoms with E-state index in [1.54, 1.807) is 18.9 Å². The molecule has 1 aliphatic heterocycles. The highest BCUT2D eigenvalue weighted by molar-refractivity contribution is 9.10. The molecular weight excluding hydrogens is 364 g/mol. The van der Waals surface area contributed by atoms with E-state index in [1.165, 1.54) is 4.90 Å². The van der Waals surface area contributed by atoms with E-state index in [1.807, 2.05) is 18.2 Å². The molecule has 1 aromatic rings. The smallest absolute Gasteiger partial charge is 0.407 e. The lowest BCUT2D eigenvalue weighted by Gasteiger charge is -2.37. The molecule has 0 aliphatic carbocycles. The zero-order valence-corrected chi connectivity index (χ0v) is 14.9. The normalized spacial score (nSPS) is 15.3. The van der Waals surface area contributed by atoms with Crippen LogP contribution in [-0.4, -0.2) is 53.1 Å². The molecule has 0 radical (unpaired) electrons. The highest BCUT2D eigenvalue weighted by Crippen LogP contribution is 2.27. The molecule has 0 atom stereocenters. The summed E-state index contributed by atoms with van der Waals surface area (Å²) in [6, 6.07) is 5.48. The van der Waals surface area contributed by atoms with Crippen molar-refractivity contribution in [1.82, 2.24) is 9.80 Å². The Morgan fingerprint density at radius 3 is 2.57 bits per heavy atom. The first kappa shape index (κ1) is 17.6. The van der Waals surface area contributed by atoms with E-state index in [9.17, 15) is 14.7 Å². The largest absolute Gasteiger partial charge is 0.496 e. The Morgan fingerprint density at radius 1 is 1.39 bits per heavy atom. The maximum Gasteiger partial charge on any atom is 0.407 e. The summed E-state index contributed by atoms with van der Waals surface area (Å²) < 4.78 is 6.22. The first-order chi connectivity index (χ1) is 10.9. The number of carbonyl (C=O) groups excluding carboxylic acids is 1. The number of hydrogen-bond donors (Lipinski definition) is 1. The molecule has 1 aromatic carbocycles. The predicted octanol–water partition coefficient (Wildman–Crippen LogP) is 2.95. The lowest BCUT2D eigenvalue weighted by atomic mass is 10.0. The zero-order valence-electron chi connectivity index (χ0n) is 13.3. The first-order valence-electron chi connectivity index (χ1n) is 7.50. The van der Waals surface area contributed by atoms with E-state index in [-0.39, 0.29) is 18.5 Å². The van der Waals surface area contributed by atoms with Gasteiger partial charge in [0, 0.05) is 36.1 Å². The Bertz CT molecular complexity index is 585. The molecule has 7 heteroatoms. The third-order valence-electron chi connectivity index (χ3n) is 4.19. The van der Waals surface area contributed by atoms with Crippen molar-refractivity contribution in [3.63, 3.8) is 0 Å². The summed E-state index contributed by atoms with van der Waals surface area (Å²) in [7, 11) is 1.57. The third kappa shape index (κ3) is 4.37. The number of carboxylic acid groups (broad SMARTS) is 1. The van der Waals surface area contributed by atoms with Gasteiger partial charge in [-0.25, -0.2) is 4.79 Å². The topological polar surface area (TPSA) is 70.1 Å². The molecule has 1 N–H and O–H groups in total. The number of rotatable bonds is 4. The lowest BCUT2D eigenvalue weighted by Crippen LogP contribution is -2.47. The van der Waals surface area contributed by atoms with E-state index in [0.717, 1.165) is 10.0 Å². The summed E-state index contributed by atoms with van der Waals surface area (Å²) in [6.45, 7) is 3.01. The van der Waals surface area contributed by atoms with Crippen LogP contribution in [0.1, 0.15) is 25.3 Å². The third-order valence-corrected chi connectivity index (χ3v) is 4.68. The molecule has 1 heterocycles. The lowest BCUT2D eigenvalue weighted by molar-refractivity contribution is -0.130. The van der Waals surface area contributed by atoms with E-state index in [0.29, 0.717) is 31.7 Å². The van der Waals surface area contributed by atoms with Crippen LogP contribution in [0, 0.1) is 0 Å². The Balaban J connectivity index is 2.11. The van der Waals surface area contributed by atoms with Crippen molar-refractivity contribution in [2.75, 3.05) is 20.2 Å². The van der Waals surface area contributed by atoms with Gasteiger partial charge in [0.2, 0.25) is 5.91 Å². The molecule has 1 fully saturated rings. The molecule has 1 aliphatic rings. The van der Waals surface area contributed by atoms with Gasteiger partial charge >= 0.3 is 6.09 Å². The van der Waals surface area contributed by atoms with Gasteiger partial charge in [-0.15, -0.1) is 0 Å². The van der Waals surface area contributed by atoms with Crippen molar-refractivity contribution in [2.24, 2.45) is 0 Å². The Kier molecular flexibility index (Phi) is 5.87. The fourth-order valence-corrected chi connectivity index (χ4v) is 3.22. The van der Waals surface area contributed by atoms with Gasteiger partial charge in [-0.3, -0.25) is 4.79 Å². The number of hydrogen-bond acceptors (Lipinski definition) is 3. The standard InChI is InChI=1S/C16H21BrN2O4/c1-11(20)18-7-5-14(6-8-18)19(16(21)22)10-12-3-4-13(17)9-15(12)23-2/h3-4,9,14H,5-8,10H2,1-2H3,(H,21,22). The molecule has 6 nitrogen and oxygen atoms in total. The number of amides is 2. The fraction of sp³-hybridized carbons (Fsp3) is 0.500. The Morgan fingerprint density at radius 2 is 2.04 bits per heavy atom. The molecule has 0 spiro atoms. The highest BCUT2D eigenvalue weighted by Gasteiger charge is 2.29. The number of benzene rings is 1. The summed E-state index contributed by atoms with van der Waals surface area (Å²) >= 11 is 3.38. The summed E-state index contributed by atoms with van der Waals surface area (Å²) in [4.78, 5) is 26.3. The van der Waals surface area contributed by atoms with Gasteiger partial charge in [0.05, 0.1) is 13.7 Å². The maximum absolute atomic E-state index is 11.7. The number of ether oxygens (including phenoxy) is 1. The van der Waals surface area contributed by atoms with Crippen LogP contribution in [0.5, 0.6) is 5.75 Å². The molecule has 1 saturated heterocycles. The SMILES string of the molecule is COc1cc(Br)ccc1CN(C(=O)O)C1CCN(C(C)=O)CC1. The predicted molar refractivity (Wildman–Crippen MR) is 89.5 cm³/mol. The van der Waals surface area contributed by atoms with Crippen LogP contribution in [0.25, 0.3) is 0 Å². The van der Waals surface area contributed by atoms with Crippen LogP contribution in [0.15, 0.2) is 22.7 Å². The highest BCUT2D eigenvalue weighted by atomic mass is 79.9. The van der Waals surface area contributed by atoms with Crippen molar-refractivity contribution in [2.45, 2.75) is 32.4 Å². The number of piperidine rings is 1. The quantitative estimate of drug-likeness (QED) is 0.865. The first-order valence-corrected chi connectivity index (χ1v) is 8.29.